The van der Waals surface area contributed by atoms with Crippen LogP contribution in [0.2, 0.25) is 0 Å². The van der Waals surface area contributed by atoms with E-state index in [-0.39, 0.29) is 17.9 Å². The van der Waals surface area contributed by atoms with Crippen molar-refractivity contribution in [2.75, 3.05) is 0 Å². The average molecular weight is 526 g/mol. The summed E-state index contributed by atoms with van der Waals surface area (Å²) in [6.45, 7) is 0.187. The number of hydrogen-bond donors (Lipinski definition) is 1. The number of nitro benzene ring substituents is 1. The van der Waals surface area contributed by atoms with Crippen LogP contribution in [0.3, 0.4) is 0 Å². The van der Waals surface area contributed by atoms with Crippen LogP contribution in [-0.4, -0.2) is 16.0 Å². The molecule has 3 aromatic carbocycles. The van der Waals surface area contributed by atoms with Crippen molar-refractivity contribution >= 4 is 45.9 Å². The zero-order valence-electron chi connectivity index (χ0n) is 16.0. The molecule has 3 rings (SSSR count). The van der Waals surface area contributed by atoms with E-state index in [2.05, 4.69) is 28.7 Å². The maximum absolute atomic E-state index is 11.0. The van der Waals surface area contributed by atoms with Gasteiger partial charge in [-0.1, -0.05) is 30.3 Å². The minimum Gasteiger partial charge on any atom is -0.488 e. The van der Waals surface area contributed by atoms with E-state index in [0.29, 0.717) is 22.4 Å². The van der Waals surface area contributed by atoms with Gasteiger partial charge in [-0.3, -0.25) is 10.1 Å². The molecule has 0 spiro atoms. The van der Waals surface area contributed by atoms with Gasteiger partial charge in [0.1, 0.15) is 12.4 Å². The third-order valence-electron chi connectivity index (χ3n) is 4.35. The summed E-state index contributed by atoms with van der Waals surface area (Å²) < 4.78 is 6.61. The lowest BCUT2D eigenvalue weighted by atomic mass is 10.0. The molecule has 154 valence electrons. The molecule has 1 N–H and O–H groups in total. The molecule has 0 aromatic heterocycles. The fourth-order valence-electron chi connectivity index (χ4n) is 2.78. The second-order valence-corrected chi connectivity index (χ2v) is 7.62. The van der Waals surface area contributed by atoms with Gasteiger partial charge in [-0.2, -0.15) is 5.26 Å². The Balaban J connectivity index is 1.76. The van der Waals surface area contributed by atoms with Crippen LogP contribution in [0.5, 0.6) is 5.75 Å². The van der Waals surface area contributed by atoms with Crippen molar-refractivity contribution in [2.24, 2.45) is 0 Å². The van der Waals surface area contributed by atoms with Gasteiger partial charge in [0.15, 0.2) is 0 Å². The predicted octanol–water partition coefficient (Wildman–Crippen LogP) is 5.54. The number of nitrogens with zero attached hydrogens (tertiary/aromatic N) is 2. The summed E-state index contributed by atoms with van der Waals surface area (Å²) in [5.41, 5.74) is 2.65. The Morgan fingerprint density at radius 2 is 1.84 bits per heavy atom. The Morgan fingerprint density at radius 3 is 2.45 bits per heavy atom. The van der Waals surface area contributed by atoms with E-state index in [9.17, 15) is 20.2 Å². The zero-order valence-corrected chi connectivity index (χ0v) is 18.1. The smallest absolute Gasteiger partial charge is 0.335 e. The molecule has 0 aliphatic rings. The van der Waals surface area contributed by atoms with Crippen molar-refractivity contribution in [1.82, 2.24) is 0 Å². The second kappa shape index (κ2) is 9.86. The topological polar surface area (TPSA) is 113 Å². The molecule has 7 nitrogen and oxygen atoms in total. The summed E-state index contributed by atoms with van der Waals surface area (Å²) in [5.74, 6) is -0.405. The fraction of sp³-hybridized carbons (Fsp3) is 0.0435. The molecule has 31 heavy (non-hydrogen) atoms. The number of carboxylic acids is 1. The number of allylic oxidation sites excluding steroid dienone is 1. The molecule has 0 unspecified atom stereocenters. The summed E-state index contributed by atoms with van der Waals surface area (Å²) >= 11 is 2.12. The third-order valence-corrected chi connectivity index (χ3v) is 5.19. The van der Waals surface area contributed by atoms with E-state index in [1.165, 1.54) is 24.3 Å². The molecule has 0 aliphatic carbocycles. The van der Waals surface area contributed by atoms with Crippen LogP contribution in [0.25, 0.3) is 11.6 Å². The van der Waals surface area contributed by atoms with Crippen molar-refractivity contribution in [1.29, 1.82) is 5.26 Å². The summed E-state index contributed by atoms with van der Waals surface area (Å²) in [5, 5.41) is 29.4. The zero-order chi connectivity index (χ0) is 22.4. The highest BCUT2D eigenvalue weighted by Crippen LogP contribution is 2.26. The highest BCUT2D eigenvalue weighted by molar-refractivity contribution is 14.1. The first kappa shape index (κ1) is 22.0. The first-order valence-corrected chi connectivity index (χ1v) is 10.1. The summed E-state index contributed by atoms with van der Waals surface area (Å²) in [6, 6.07) is 19.9. The summed E-state index contributed by atoms with van der Waals surface area (Å²) in [4.78, 5) is 21.4. The number of non-ortho nitro benzene ring substituents is 1. The lowest BCUT2D eigenvalue weighted by Crippen LogP contribution is -1.98. The standard InChI is InChI=1S/C23H15IN2O5/c24-21-12-15(10-19(13-25)17-5-7-18(8-6-17)23(27)28)4-9-22(21)31-14-16-2-1-3-20(11-16)26(29)30/h1-12H,14H2,(H,27,28)/b19-10-. The quantitative estimate of drug-likeness (QED) is 0.142. The van der Waals surface area contributed by atoms with Crippen LogP contribution < -0.4 is 4.74 Å². The lowest BCUT2D eigenvalue weighted by molar-refractivity contribution is -0.384. The van der Waals surface area contributed by atoms with Crippen LogP contribution in [-0.2, 0) is 6.61 Å². The molecule has 3 aromatic rings. The lowest BCUT2D eigenvalue weighted by Gasteiger charge is -2.09. The Labute approximate surface area is 191 Å². The number of benzene rings is 3. The molecule has 0 bridgehead atoms. The molecule has 0 radical (unpaired) electrons. The first-order valence-electron chi connectivity index (χ1n) is 8.98. The average Bonchev–Trinajstić information content (AvgIpc) is 2.77. The van der Waals surface area contributed by atoms with Crippen LogP contribution in [0.15, 0.2) is 66.7 Å². The van der Waals surface area contributed by atoms with Gasteiger partial charge in [-0.05, 0) is 69.6 Å². The van der Waals surface area contributed by atoms with E-state index < -0.39 is 10.9 Å². The van der Waals surface area contributed by atoms with Crippen molar-refractivity contribution in [3.63, 3.8) is 0 Å². The van der Waals surface area contributed by atoms with E-state index in [1.54, 1.807) is 42.5 Å². The van der Waals surface area contributed by atoms with Crippen molar-refractivity contribution in [3.8, 4) is 11.8 Å². The van der Waals surface area contributed by atoms with Gasteiger partial charge in [0.05, 0.1) is 25.7 Å². The largest absolute Gasteiger partial charge is 0.488 e. The van der Waals surface area contributed by atoms with Gasteiger partial charge in [0.25, 0.3) is 5.69 Å². The molecule has 8 heteroatoms. The molecule has 0 saturated heterocycles. The second-order valence-electron chi connectivity index (χ2n) is 6.46. The highest BCUT2D eigenvalue weighted by Gasteiger charge is 2.09. The number of rotatable bonds is 7. The molecular formula is C23H15IN2O5. The minimum atomic E-state index is -1.02. The molecule has 0 saturated carbocycles. The number of carboxylic acid groups (broad SMARTS) is 1. The van der Waals surface area contributed by atoms with Crippen molar-refractivity contribution in [2.45, 2.75) is 6.61 Å². The minimum absolute atomic E-state index is 0.0108. The van der Waals surface area contributed by atoms with Gasteiger partial charge in [0, 0.05) is 12.1 Å². The maximum Gasteiger partial charge on any atom is 0.335 e. The summed E-state index contributed by atoms with van der Waals surface area (Å²) in [7, 11) is 0. The maximum atomic E-state index is 11.0. The highest BCUT2D eigenvalue weighted by atomic mass is 127. The van der Waals surface area contributed by atoms with Gasteiger partial charge in [-0.25, -0.2) is 4.79 Å². The first-order chi connectivity index (χ1) is 14.9. The van der Waals surface area contributed by atoms with Crippen LogP contribution >= 0.6 is 22.6 Å². The number of carbonyl (C=O) groups is 1. The van der Waals surface area contributed by atoms with Crippen LogP contribution in [0.1, 0.15) is 27.0 Å². The number of nitro groups is 1. The van der Waals surface area contributed by atoms with E-state index in [1.807, 2.05) is 6.07 Å². The number of aromatic carboxylic acids is 1. The SMILES string of the molecule is N#C/C(=C/c1ccc(OCc2cccc([N+](=O)[O-])c2)c(I)c1)c1ccc(C(=O)O)cc1. The van der Waals surface area contributed by atoms with Crippen molar-refractivity contribution < 1.29 is 19.6 Å². The third kappa shape index (κ3) is 5.67. The molecule has 0 fully saturated rings. The molecule has 0 amide bonds. The molecular weight excluding hydrogens is 511 g/mol. The number of nitriles is 1. The van der Waals surface area contributed by atoms with Crippen molar-refractivity contribution in [3.05, 3.63) is 103 Å². The van der Waals surface area contributed by atoms with Crippen LogP contribution in [0, 0.1) is 25.0 Å². The predicted molar refractivity (Wildman–Crippen MR) is 123 cm³/mol. The summed E-state index contributed by atoms with van der Waals surface area (Å²) in [6.07, 6.45) is 1.71. The van der Waals surface area contributed by atoms with E-state index >= 15 is 0 Å². The Hall–Kier alpha value is -3.71. The fourth-order valence-corrected chi connectivity index (χ4v) is 3.48. The van der Waals surface area contributed by atoms with Gasteiger partial charge >= 0.3 is 5.97 Å². The molecule has 0 atom stereocenters. The van der Waals surface area contributed by atoms with Gasteiger partial charge in [0.2, 0.25) is 0 Å². The Kier molecular flexibility index (Phi) is 6.99. The Morgan fingerprint density at radius 1 is 1.13 bits per heavy atom. The van der Waals surface area contributed by atoms with E-state index in [0.717, 1.165) is 9.13 Å². The van der Waals surface area contributed by atoms with E-state index in [4.69, 9.17) is 9.84 Å². The molecule has 0 heterocycles. The number of halogens is 1. The normalized spacial score (nSPS) is 10.9. The Bertz CT molecular complexity index is 1210. The van der Waals surface area contributed by atoms with Crippen LogP contribution in [0.4, 0.5) is 5.69 Å². The van der Waals surface area contributed by atoms with Gasteiger partial charge in [-0.15, -0.1) is 0 Å². The number of hydrogen-bond acceptors (Lipinski definition) is 5. The van der Waals surface area contributed by atoms with Gasteiger partial charge < -0.3 is 9.84 Å². The molecule has 0 aliphatic heterocycles. The number of ether oxygens (including phenoxy) is 1. The monoisotopic (exact) mass is 526 g/mol.